The number of aliphatic hydroxyl groups is 2. The summed E-state index contributed by atoms with van der Waals surface area (Å²) < 4.78 is 29.5. The number of nitrogens with zero attached hydrogens (tertiary/aromatic N) is 1. The number of ketones is 3. The summed E-state index contributed by atoms with van der Waals surface area (Å²) in [5.41, 5.74) is -0.606. The van der Waals surface area contributed by atoms with Gasteiger partial charge >= 0.3 is 11.9 Å². The van der Waals surface area contributed by atoms with Crippen LogP contribution in [0.2, 0.25) is 5.02 Å². The number of hydrogen-bond donors (Lipinski definition) is 5. The number of phenolic OH excluding ortho intramolecular Hbond substituents is 1. The van der Waals surface area contributed by atoms with Gasteiger partial charge in [0.15, 0.2) is 0 Å². The lowest BCUT2D eigenvalue weighted by atomic mass is 9.78. The second-order valence-corrected chi connectivity index (χ2v) is 17.6. The first-order chi connectivity index (χ1) is 30.8. The molecule has 0 saturated carbocycles. The number of alkyl carbamates (subject to hydrolysis) is 1. The fourth-order valence-electron chi connectivity index (χ4n) is 8.70. The van der Waals surface area contributed by atoms with E-state index in [-0.39, 0.29) is 72.3 Å². The van der Waals surface area contributed by atoms with Gasteiger partial charge in [-0.25, -0.2) is 4.79 Å². The lowest BCUT2D eigenvalue weighted by Gasteiger charge is -2.38. The number of aliphatic hydroxyl groups excluding tert-OH is 2. The molecule has 0 radical (unpaired) electrons. The van der Waals surface area contributed by atoms with Crippen LogP contribution in [0.5, 0.6) is 11.5 Å². The molecule has 5 aliphatic rings. The number of methoxy groups -OCH3 is 1. The van der Waals surface area contributed by atoms with Gasteiger partial charge in [-0.1, -0.05) is 69.7 Å². The van der Waals surface area contributed by atoms with Crippen molar-refractivity contribution in [1.29, 1.82) is 0 Å². The first kappa shape index (κ1) is 48.9. The van der Waals surface area contributed by atoms with Crippen molar-refractivity contribution in [3.8, 4) is 11.5 Å². The fraction of sp³-hybridized carbons (Fsp3) is 0.479. The molecule has 1 fully saturated rings. The minimum Gasteiger partial charge on any atom is -0.507 e. The van der Waals surface area contributed by atoms with E-state index in [1.807, 2.05) is 12.1 Å². The molecule has 5 bridgehead atoms. The molecule has 1 aliphatic carbocycles. The van der Waals surface area contributed by atoms with Crippen LogP contribution in [0, 0.1) is 30.6 Å². The first-order valence-electron chi connectivity index (χ1n) is 21.7. The van der Waals surface area contributed by atoms with E-state index < -0.39 is 94.5 Å². The Kier molecular flexibility index (Phi) is 15.3. The van der Waals surface area contributed by atoms with Crippen molar-refractivity contribution in [1.82, 2.24) is 15.5 Å². The number of amides is 2. The molecule has 2 aromatic carbocycles. The van der Waals surface area contributed by atoms with Crippen LogP contribution in [-0.4, -0.2) is 120 Å². The van der Waals surface area contributed by atoms with Gasteiger partial charge in [0, 0.05) is 73.5 Å². The number of benzene rings is 2. The van der Waals surface area contributed by atoms with Crippen LogP contribution < -0.4 is 15.4 Å². The van der Waals surface area contributed by atoms with Crippen molar-refractivity contribution in [3.63, 3.8) is 0 Å². The number of morpholine rings is 1. The van der Waals surface area contributed by atoms with E-state index in [4.69, 9.17) is 35.3 Å². The van der Waals surface area contributed by atoms with Crippen molar-refractivity contribution in [2.75, 3.05) is 40.0 Å². The van der Waals surface area contributed by atoms with Crippen molar-refractivity contribution in [3.05, 3.63) is 105 Å². The Bertz CT molecular complexity index is 2320. The maximum atomic E-state index is 14.8. The minimum atomic E-state index is -2.11. The number of fused-ring (bicyclic) bond motifs is 14. The number of halogens is 1. The van der Waals surface area contributed by atoms with Gasteiger partial charge in [0.25, 0.3) is 11.7 Å². The summed E-state index contributed by atoms with van der Waals surface area (Å²) in [7, 11) is 1.42. The maximum absolute atomic E-state index is 14.8. The van der Waals surface area contributed by atoms with Crippen molar-refractivity contribution in [2.45, 2.75) is 85.1 Å². The molecule has 0 aromatic heterocycles. The number of ether oxygens (including phenoxy) is 5. The number of hydrogen-bond acceptors (Lipinski definition) is 14. The highest BCUT2D eigenvalue weighted by Gasteiger charge is 2.53. The van der Waals surface area contributed by atoms with Crippen LogP contribution in [0.25, 0.3) is 0 Å². The number of rotatable bonds is 6. The van der Waals surface area contributed by atoms with E-state index in [2.05, 4.69) is 10.6 Å². The Labute approximate surface area is 383 Å². The summed E-state index contributed by atoms with van der Waals surface area (Å²) in [4.78, 5) is 72.6. The lowest BCUT2D eigenvalue weighted by molar-refractivity contribution is -0.116. The molecule has 350 valence electrons. The smallest absolute Gasteiger partial charge is 0.407 e. The van der Waals surface area contributed by atoms with Crippen LogP contribution in [0.1, 0.15) is 83.7 Å². The predicted molar refractivity (Wildman–Crippen MR) is 238 cm³/mol. The second kappa shape index (κ2) is 20.3. The molecule has 5 N–H and O–H groups in total. The molecule has 0 unspecified atom stereocenters. The SMILES string of the molecule is CO[C@H]1/C=C/O[C@@]2(C)Oc3c(C)c(O)c4c(c3C2=O)C(=O)C(N2CCOCC2)=C(NC(=O)/C(C)=C\C=C\[C@H](C)[C@H](O)[C@@H](C)[C@@H](O)[C@@H](C)[C@H](OC(=O)NCCc2ccc(Cl)cc2)[C@@H]1C)C4=O. The van der Waals surface area contributed by atoms with E-state index in [0.717, 1.165) is 5.56 Å². The first-order valence-corrected chi connectivity index (χ1v) is 22.1. The zero-order valence-electron chi connectivity index (χ0n) is 37.8. The monoisotopic (exact) mass is 919 g/mol. The summed E-state index contributed by atoms with van der Waals surface area (Å²) in [5, 5.41) is 40.9. The summed E-state index contributed by atoms with van der Waals surface area (Å²) in [6.45, 7) is 12.1. The van der Waals surface area contributed by atoms with E-state index in [9.17, 15) is 39.3 Å². The van der Waals surface area contributed by atoms with Crippen molar-refractivity contribution in [2.24, 2.45) is 23.7 Å². The van der Waals surface area contributed by atoms with Gasteiger partial charge < -0.3 is 54.5 Å². The zero-order valence-corrected chi connectivity index (χ0v) is 38.6. The molecule has 17 heteroatoms. The Morgan fingerprint density at radius 1 is 0.938 bits per heavy atom. The Hall–Kier alpha value is -5.52. The van der Waals surface area contributed by atoms with Gasteiger partial charge in [0.05, 0.1) is 54.5 Å². The number of phenols is 1. The Morgan fingerprint density at radius 3 is 2.28 bits per heavy atom. The van der Waals surface area contributed by atoms with Crippen LogP contribution in [-0.2, 0) is 30.2 Å². The standard InChI is InChI=1S/C48H58ClN3O13/c1-24-10-9-11-25(2)46(59)51-36-37(52-19-22-62-23-20-52)42(57)33-34(41(36)56)40(55)29(6)44-35(33)45(58)48(7,65-44)63-21-17-32(61-8)26(3)43(28(5)39(54)27(4)38(24)53)64-47(60)50-18-16-30-12-14-31(49)15-13-30/h9-15,17,21,24,26-28,32,38-39,43,53-55H,16,18-20,22-23H2,1-8H3,(H,50,60)(H,51,59)/b10-9+,21-17+,25-11-/t24-,26+,27+,28+,32-,38-,39+,43+,48-/m0/s1. The molecule has 7 rings (SSSR count). The number of Topliss-reactive ketones (excluding diaryl/α,β-unsaturated/α-hetero) is 3. The molecule has 65 heavy (non-hydrogen) atoms. The topological polar surface area (TPSA) is 219 Å². The maximum Gasteiger partial charge on any atom is 0.407 e. The molecule has 1 saturated heterocycles. The van der Waals surface area contributed by atoms with Gasteiger partial charge in [0.2, 0.25) is 11.6 Å². The molecule has 0 spiro atoms. The van der Waals surface area contributed by atoms with Gasteiger partial charge in [-0.05, 0) is 44.0 Å². The number of allylic oxidation sites excluding steroid dienone is 4. The summed E-state index contributed by atoms with van der Waals surface area (Å²) in [6, 6.07) is 7.20. The van der Waals surface area contributed by atoms with E-state index in [1.54, 1.807) is 56.9 Å². The molecule has 9 atom stereocenters. The van der Waals surface area contributed by atoms with Gasteiger partial charge in [0.1, 0.15) is 29.0 Å². The molecule has 2 aromatic rings. The highest BCUT2D eigenvalue weighted by molar-refractivity contribution is 6.32. The summed E-state index contributed by atoms with van der Waals surface area (Å²) in [6.07, 6.45) is 2.88. The number of nitrogens with one attached hydrogen (secondary N) is 2. The summed E-state index contributed by atoms with van der Waals surface area (Å²) >= 11 is 6.02. The highest BCUT2D eigenvalue weighted by atomic mass is 35.5. The molecular weight excluding hydrogens is 862 g/mol. The third kappa shape index (κ3) is 10.0. The quantitative estimate of drug-likeness (QED) is 0.247. The van der Waals surface area contributed by atoms with Crippen LogP contribution >= 0.6 is 11.6 Å². The van der Waals surface area contributed by atoms with E-state index in [1.165, 1.54) is 46.3 Å². The molecule has 2 amide bonds. The second-order valence-electron chi connectivity index (χ2n) is 17.2. The third-order valence-electron chi connectivity index (χ3n) is 12.8. The van der Waals surface area contributed by atoms with Crippen molar-refractivity contribution >= 4 is 41.0 Å². The zero-order chi connectivity index (χ0) is 47.5. The van der Waals surface area contributed by atoms with Gasteiger partial charge in [-0.3, -0.25) is 19.2 Å². The predicted octanol–water partition coefficient (Wildman–Crippen LogP) is 5.35. The molecule has 4 aliphatic heterocycles. The highest BCUT2D eigenvalue weighted by Crippen LogP contribution is 2.49. The molecular formula is C48H58ClN3O13. The van der Waals surface area contributed by atoms with Crippen molar-refractivity contribution < 1.29 is 63.0 Å². The van der Waals surface area contributed by atoms with E-state index >= 15 is 0 Å². The number of aromatic hydroxyl groups is 1. The normalized spacial score (nSPS) is 30.8. The van der Waals surface area contributed by atoms with Gasteiger partial charge in [-0.15, -0.1) is 0 Å². The number of carbonyl (C=O) groups is 5. The van der Waals surface area contributed by atoms with E-state index in [0.29, 0.717) is 11.4 Å². The Balaban J connectivity index is 1.40. The number of carbonyl (C=O) groups excluding carboxylic acids is 5. The third-order valence-corrected chi connectivity index (χ3v) is 13.0. The summed E-state index contributed by atoms with van der Waals surface area (Å²) in [5.74, 6) is -8.87. The minimum absolute atomic E-state index is 0.00954. The van der Waals surface area contributed by atoms with Gasteiger partial charge in [-0.2, -0.15) is 0 Å². The average Bonchev–Trinajstić information content (AvgIpc) is 3.55. The van der Waals surface area contributed by atoms with Crippen LogP contribution in [0.4, 0.5) is 4.79 Å². The van der Waals surface area contributed by atoms with Crippen LogP contribution in [0.15, 0.2) is 71.8 Å². The Morgan fingerprint density at radius 2 is 1.62 bits per heavy atom. The van der Waals surface area contributed by atoms with Crippen LogP contribution in [0.3, 0.4) is 0 Å². The fourth-order valence-corrected chi connectivity index (χ4v) is 8.82. The molecule has 4 heterocycles. The average molecular weight is 920 g/mol. The lowest BCUT2D eigenvalue weighted by Crippen LogP contribution is -2.48. The largest absolute Gasteiger partial charge is 0.507 e. The molecule has 16 nitrogen and oxygen atoms in total.